The fourth-order valence-corrected chi connectivity index (χ4v) is 5.00. The Kier molecular flexibility index (Phi) is 10.1. The van der Waals surface area contributed by atoms with Crippen LogP contribution in [0.3, 0.4) is 0 Å². The Morgan fingerprint density at radius 3 is 2.08 bits per heavy atom. The molecule has 24 heavy (non-hydrogen) atoms. The summed E-state index contributed by atoms with van der Waals surface area (Å²) in [6.45, 7) is 12.0. The van der Waals surface area contributed by atoms with Crippen molar-refractivity contribution in [3.8, 4) is 0 Å². The molecule has 0 nitrogen and oxygen atoms in total. The maximum atomic E-state index is 2.61. The first-order valence-corrected chi connectivity index (χ1v) is 9.32. The van der Waals surface area contributed by atoms with E-state index in [0.29, 0.717) is 5.41 Å². The van der Waals surface area contributed by atoms with Gasteiger partial charge in [-0.15, -0.1) is 0 Å². The summed E-state index contributed by atoms with van der Waals surface area (Å²) in [6, 6.07) is 0. The summed E-state index contributed by atoms with van der Waals surface area (Å²) in [6.07, 6.45) is 12.8. The van der Waals surface area contributed by atoms with E-state index in [1.807, 2.05) is 5.57 Å². The van der Waals surface area contributed by atoms with Crippen molar-refractivity contribution in [3.63, 3.8) is 0 Å². The van der Waals surface area contributed by atoms with Gasteiger partial charge < -0.3 is 24.8 Å². The third-order valence-corrected chi connectivity index (χ3v) is 6.42. The number of hydrogen-bond donors (Lipinski definition) is 0. The zero-order valence-electron chi connectivity index (χ0n) is 16.1. The van der Waals surface area contributed by atoms with E-state index in [2.05, 4.69) is 40.7 Å². The molecule has 136 valence electrons. The summed E-state index contributed by atoms with van der Waals surface area (Å²) in [5.41, 5.74) is 5.68. The molecule has 3 aliphatic carbocycles. The molecule has 0 aromatic carbocycles. The Balaban J connectivity index is 0.00000176. The van der Waals surface area contributed by atoms with Crippen molar-refractivity contribution in [3.05, 3.63) is 22.8 Å². The molecule has 0 bridgehead atoms. The summed E-state index contributed by atoms with van der Waals surface area (Å²) < 4.78 is 0. The average Bonchev–Trinajstić information content (AvgIpc) is 2.97. The second-order valence-corrected chi connectivity index (χ2v) is 9.17. The molecule has 1 fully saturated rings. The predicted octanol–water partition coefficient (Wildman–Crippen LogP) is 0.537. The predicted molar refractivity (Wildman–Crippen MR) is 92.2 cm³/mol. The van der Waals surface area contributed by atoms with Crippen LogP contribution in [0.15, 0.2) is 22.8 Å². The molecular formula is C21H34Cl2Zr. The molecule has 0 aromatic rings. The summed E-state index contributed by atoms with van der Waals surface area (Å²) in [5, 5.41) is 0. The monoisotopic (exact) mass is 446 g/mol. The maximum Gasteiger partial charge on any atom is 2.00 e. The summed E-state index contributed by atoms with van der Waals surface area (Å²) in [5.74, 6) is 3.56. The van der Waals surface area contributed by atoms with Gasteiger partial charge in [0.25, 0.3) is 0 Å². The van der Waals surface area contributed by atoms with Crippen molar-refractivity contribution in [2.75, 3.05) is 0 Å². The van der Waals surface area contributed by atoms with Gasteiger partial charge in [-0.25, -0.2) is 0 Å². The molecule has 0 radical (unpaired) electrons. The minimum Gasteiger partial charge on any atom is -1.00 e. The topological polar surface area (TPSA) is 0 Å². The van der Waals surface area contributed by atoms with Crippen LogP contribution in [0.4, 0.5) is 0 Å². The minimum atomic E-state index is 0. The standard InChI is InChI=1S/C21H34.2ClH.Zr/c1-14(2)17-13-18(15-9-7-6-8-10-15)20-12-16(11-19(17)20)21(3,4)5;;;/h11,14-15,17-18H,6-10,12-13H2,1-5H3;2*1H;/q;;;+2/p-2. The van der Waals surface area contributed by atoms with Crippen LogP contribution in [0, 0.1) is 29.1 Å². The van der Waals surface area contributed by atoms with Gasteiger partial charge in [0.1, 0.15) is 0 Å². The van der Waals surface area contributed by atoms with Crippen LogP contribution >= 0.6 is 0 Å². The molecule has 0 aromatic heterocycles. The van der Waals surface area contributed by atoms with E-state index >= 15 is 0 Å². The first kappa shape index (κ1) is 24.9. The number of allylic oxidation sites excluding steroid dienone is 4. The van der Waals surface area contributed by atoms with Gasteiger partial charge in [-0.05, 0) is 60.3 Å². The van der Waals surface area contributed by atoms with Gasteiger partial charge in [0, 0.05) is 0 Å². The Morgan fingerprint density at radius 2 is 1.58 bits per heavy atom. The molecule has 0 spiro atoms. The molecule has 0 amide bonds. The van der Waals surface area contributed by atoms with Crippen LogP contribution < -0.4 is 24.8 Å². The number of hydrogen-bond acceptors (Lipinski definition) is 0. The van der Waals surface area contributed by atoms with Gasteiger partial charge >= 0.3 is 26.2 Å². The Morgan fingerprint density at radius 1 is 1.00 bits per heavy atom. The number of rotatable bonds is 2. The quantitative estimate of drug-likeness (QED) is 0.579. The molecule has 0 N–H and O–H groups in total. The molecule has 3 heteroatoms. The molecule has 0 aliphatic heterocycles. The molecule has 2 unspecified atom stereocenters. The van der Waals surface area contributed by atoms with Gasteiger partial charge in [0.15, 0.2) is 0 Å². The molecule has 1 saturated carbocycles. The molecule has 0 heterocycles. The van der Waals surface area contributed by atoms with Gasteiger partial charge in [0.05, 0.1) is 0 Å². The Bertz CT molecular complexity index is 465. The van der Waals surface area contributed by atoms with Crippen molar-refractivity contribution < 1.29 is 51.0 Å². The summed E-state index contributed by atoms with van der Waals surface area (Å²) >= 11 is 0. The Labute approximate surface area is 181 Å². The second kappa shape index (κ2) is 9.76. The molecule has 3 aliphatic rings. The van der Waals surface area contributed by atoms with Gasteiger partial charge in [-0.1, -0.05) is 71.1 Å². The second-order valence-electron chi connectivity index (χ2n) is 9.17. The number of halogens is 2. The van der Waals surface area contributed by atoms with Crippen molar-refractivity contribution in [2.24, 2.45) is 29.1 Å². The maximum absolute atomic E-state index is 2.61. The van der Waals surface area contributed by atoms with E-state index in [9.17, 15) is 0 Å². The molecular weight excluding hydrogens is 414 g/mol. The van der Waals surface area contributed by atoms with Gasteiger partial charge in [-0.3, -0.25) is 0 Å². The zero-order chi connectivity index (χ0) is 15.2. The van der Waals surface area contributed by atoms with Crippen molar-refractivity contribution >= 4 is 0 Å². The van der Waals surface area contributed by atoms with Crippen LogP contribution in [-0.4, -0.2) is 0 Å². The van der Waals surface area contributed by atoms with E-state index in [4.69, 9.17) is 0 Å². The zero-order valence-corrected chi connectivity index (χ0v) is 20.1. The van der Waals surface area contributed by atoms with Crippen LogP contribution in [0.25, 0.3) is 0 Å². The van der Waals surface area contributed by atoms with E-state index in [1.165, 1.54) is 44.9 Å². The van der Waals surface area contributed by atoms with Crippen molar-refractivity contribution in [1.29, 1.82) is 0 Å². The fraction of sp³-hybridized carbons (Fsp3) is 0.810. The van der Waals surface area contributed by atoms with Crippen LogP contribution in [0.1, 0.15) is 79.6 Å². The first-order valence-electron chi connectivity index (χ1n) is 9.32. The van der Waals surface area contributed by atoms with E-state index in [-0.39, 0.29) is 51.0 Å². The first-order chi connectivity index (χ1) is 9.88. The van der Waals surface area contributed by atoms with Crippen LogP contribution in [0.5, 0.6) is 0 Å². The summed E-state index contributed by atoms with van der Waals surface area (Å²) in [7, 11) is 0. The third-order valence-electron chi connectivity index (χ3n) is 6.42. The third kappa shape index (κ3) is 5.01. The van der Waals surface area contributed by atoms with Crippen molar-refractivity contribution in [1.82, 2.24) is 0 Å². The average molecular weight is 449 g/mol. The van der Waals surface area contributed by atoms with E-state index in [1.54, 1.807) is 11.1 Å². The normalized spacial score (nSPS) is 27.2. The van der Waals surface area contributed by atoms with Crippen molar-refractivity contribution in [2.45, 2.75) is 79.6 Å². The van der Waals surface area contributed by atoms with E-state index in [0.717, 1.165) is 23.7 Å². The van der Waals surface area contributed by atoms with Gasteiger partial charge in [-0.2, -0.15) is 0 Å². The van der Waals surface area contributed by atoms with Crippen LogP contribution in [-0.2, 0) is 26.2 Å². The summed E-state index contributed by atoms with van der Waals surface area (Å²) in [4.78, 5) is 0. The Hall–Kier alpha value is 0.943. The minimum absolute atomic E-state index is 0. The molecule has 3 rings (SSSR count). The SMILES string of the molecule is CC(C)C1CC(C2CCCCC2)C2=C1C=C(C(C)(C)C)C2.[Cl-].[Cl-].[Zr+2]. The van der Waals surface area contributed by atoms with Gasteiger partial charge in [0.2, 0.25) is 0 Å². The molecule has 2 atom stereocenters. The van der Waals surface area contributed by atoms with Crippen LogP contribution in [0.2, 0.25) is 0 Å². The largest absolute Gasteiger partial charge is 2.00 e. The fourth-order valence-electron chi connectivity index (χ4n) is 5.00. The smallest absolute Gasteiger partial charge is 1.00 e. The molecule has 0 saturated heterocycles. The van der Waals surface area contributed by atoms with E-state index < -0.39 is 0 Å².